The smallest absolute Gasteiger partial charge is 0.332 e. The number of carbonyl (C=O) groups is 1. The first-order chi connectivity index (χ1) is 15.0. The van der Waals surface area contributed by atoms with Crippen molar-refractivity contribution in [1.29, 1.82) is 0 Å². The molecule has 0 bridgehead atoms. The highest BCUT2D eigenvalue weighted by molar-refractivity contribution is 5.99. The third-order valence-electron chi connectivity index (χ3n) is 5.06. The van der Waals surface area contributed by atoms with Gasteiger partial charge in [0.1, 0.15) is 5.76 Å². The predicted molar refractivity (Wildman–Crippen MR) is 115 cm³/mol. The lowest BCUT2D eigenvalue weighted by molar-refractivity contribution is 0.0949. The Morgan fingerprint density at radius 2 is 1.90 bits per heavy atom. The molecule has 0 spiro atoms. The van der Waals surface area contributed by atoms with E-state index in [1.165, 1.54) is 17.9 Å². The van der Waals surface area contributed by atoms with Gasteiger partial charge in [0, 0.05) is 32.9 Å². The first-order valence-corrected chi connectivity index (χ1v) is 9.71. The number of nitrogens with zero attached hydrogens (tertiary/aromatic N) is 4. The third kappa shape index (κ3) is 3.87. The fourth-order valence-corrected chi connectivity index (χ4v) is 3.39. The molecule has 0 radical (unpaired) electrons. The number of hydrogen-bond acceptors (Lipinski definition) is 6. The van der Waals surface area contributed by atoms with Crippen molar-refractivity contribution in [2.75, 3.05) is 11.9 Å². The Kier molecular flexibility index (Phi) is 5.44. The van der Waals surface area contributed by atoms with E-state index in [0.29, 0.717) is 47.8 Å². The molecule has 3 heterocycles. The van der Waals surface area contributed by atoms with Crippen LogP contribution in [-0.4, -0.2) is 31.1 Å². The van der Waals surface area contributed by atoms with Crippen LogP contribution in [0.5, 0.6) is 0 Å². The van der Waals surface area contributed by atoms with Crippen molar-refractivity contribution in [1.82, 2.24) is 24.0 Å². The van der Waals surface area contributed by atoms with Crippen LogP contribution in [0.25, 0.3) is 11.2 Å². The number of rotatable bonds is 7. The van der Waals surface area contributed by atoms with Gasteiger partial charge in [-0.1, -0.05) is 12.1 Å². The summed E-state index contributed by atoms with van der Waals surface area (Å²) in [6.45, 7) is 1.16. The Morgan fingerprint density at radius 3 is 2.68 bits per heavy atom. The Morgan fingerprint density at radius 1 is 1.10 bits per heavy atom. The summed E-state index contributed by atoms with van der Waals surface area (Å²) in [5.74, 6) is 0.443. The van der Waals surface area contributed by atoms with Crippen molar-refractivity contribution >= 4 is 22.8 Å². The van der Waals surface area contributed by atoms with Gasteiger partial charge >= 0.3 is 5.69 Å². The molecule has 1 amide bonds. The van der Waals surface area contributed by atoms with Gasteiger partial charge in [-0.25, -0.2) is 9.78 Å². The van der Waals surface area contributed by atoms with E-state index in [2.05, 4.69) is 15.6 Å². The minimum atomic E-state index is -0.421. The average Bonchev–Trinajstić information content (AvgIpc) is 3.45. The number of benzene rings is 1. The molecule has 160 valence electrons. The van der Waals surface area contributed by atoms with Crippen LogP contribution in [0.3, 0.4) is 0 Å². The van der Waals surface area contributed by atoms with Crippen LogP contribution in [0.15, 0.2) is 63.0 Å². The van der Waals surface area contributed by atoms with Crippen LogP contribution >= 0.6 is 0 Å². The minimum Gasteiger partial charge on any atom is -0.467 e. The maximum absolute atomic E-state index is 12.6. The number of aryl methyl sites for hydroxylation is 1. The fourth-order valence-electron chi connectivity index (χ4n) is 3.39. The Bertz CT molecular complexity index is 1350. The molecular formula is C21H22N6O4. The second-order valence-electron chi connectivity index (χ2n) is 7.05. The fraction of sp³-hybridized carbons (Fsp3) is 0.238. The van der Waals surface area contributed by atoms with Gasteiger partial charge in [-0.05, 0) is 24.3 Å². The third-order valence-corrected chi connectivity index (χ3v) is 5.06. The number of fused-ring (bicyclic) bond motifs is 1. The summed E-state index contributed by atoms with van der Waals surface area (Å²) >= 11 is 0. The van der Waals surface area contributed by atoms with Crippen molar-refractivity contribution in [3.63, 3.8) is 0 Å². The number of para-hydroxylation sites is 1. The molecule has 1 aromatic carbocycles. The zero-order valence-electron chi connectivity index (χ0n) is 17.2. The summed E-state index contributed by atoms with van der Waals surface area (Å²) in [6, 6.07) is 10.7. The molecule has 3 aromatic heterocycles. The van der Waals surface area contributed by atoms with Crippen LogP contribution < -0.4 is 21.9 Å². The van der Waals surface area contributed by atoms with Gasteiger partial charge in [0.2, 0.25) is 0 Å². The highest BCUT2D eigenvalue weighted by Gasteiger charge is 2.15. The molecule has 0 fully saturated rings. The van der Waals surface area contributed by atoms with Gasteiger partial charge in [0.25, 0.3) is 11.5 Å². The predicted octanol–water partition coefficient (Wildman–Crippen LogP) is 1.07. The SMILES string of the molecule is Cn1c(=O)c2c(ncn2CCNc2ccccc2C(=O)NCc2ccco2)n(C)c1=O. The Labute approximate surface area is 176 Å². The Balaban J connectivity index is 1.48. The van der Waals surface area contributed by atoms with E-state index in [4.69, 9.17) is 4.42 Å². The first kappa shape index (κ1) is 20.2. The van der Waals surface area contributed by atoms with Gasteiger partial charge < -0.3 is 19.6 Å². The molecule has 31 heavy (non-hydrogen) atoms. The van der Waals surface area contributed by atoms with Crippen molar-refractivity contribution < 1.29 is 9.21 Å². The summed E-state index contributed by atoms with van der Waals surface area (Å²) in [4.78, 5) is 41.4. The summed E-state index contributed by atoms with van der Waals surface area (Å²) in [7, 11) is 3.02. The van der Waals surface area contributed by atoms with Crippen LogP contribution in [0, 0.1) is 0 Å². The van der Waals surface area contributed by atoms with Gasteiger partial charge in [0.15, 0.2) is 11.2 Å². The average molecular weight is 422 g/mol. The lowest BCUT2D eigenvalue weighted by atomic mass is 10.1. The summed E-state index contributed by atoms with van der Waals surface area (Å²) in [5, 5.41) is 6.07. The molecule has 4 rings (SSSR count). The van der Waals surface area contributed by atoms with Crippen LogP contribution in [0.2, 0.25) is 0 Å². The number of aromatic nitrogens is 4. The first-order valence-electron chi connectivity index (χ1n) is 9.71. The van der Waals surface area contributed by atoms with Gasteiger partial charge in [-0.15, -0.1) is 0 Å². The molecule has 0 aliphatic heterocycles. The Hall–Kier alpha value is -4.08. The number of nitrogens with one attached hydrogen (secondary N) is 2. The molecule has 0 saturated carbocycles. The molecule has 10 nitrogen and oxygen atoms in total. The lowest BCUT2D eigenvalue weighted by Gasteiger charge is -2.12. The zero-order valence-corrected chi connectivity index (χ0v) is 17.2. The number of amides is 1. The van der Waals surface area contributed by atoms with Crippen molar-refractivity contribution in [3.05, 3.63) is 81.2 Å². The molecule has 10 heteroatoms. The molecule has 0 atom stereocenters. The number of anilines is 1. The van der Waals surface area contributed by atoms with Crippen LogP contribution in [0.1, 0.15) is 16.1 Å². The van der Waals surface area contributed by atoms with Crippen LogP contribution in [0.4, 0.5) is 5.69 Å². The van der Waals surface area contributed by atoms with E-state index in [1.54, 1.807) is 42.1 Å². The lowest BCUT2D eigenvalue weighted by Crippen LogP contribution is -2.37. The quantitative estimate of drug-likeness (QED) is 0.460. The zero-order chi connectivity index (χ0) is 22.0. The summed E-state index contributed by atoms with van der Waals surface area (Å²) in [5.41, 5.74) is 1.05. The number of hydrogen-bond donors (Lipinski definition) is 2. The van der Waals surface area contributed by atoms with E-state index in [0.717, 1.165) is 4.57 Å². The van der Waals surface area contributed by atoms with E-state index < -0.39 is 11.2 Å². The van der Waals surface area contributed by atoms with Crippen molar-refractivity contribution in [2.24, 2.45) is 14.1 Å². The molecule has 0 unspecified atom stereocenters. The maximum Gasteiger partial charge on any atom is 0.332 e. The number of imidazole rings is 1. The highest BCUT2D eigenvalue weighted by Crippen LogP contribution is 2.15. The van der Waals surface area contributed by atoms with E-state index in [-0.39, 0.29) is 5.91 Å². The maximum atomic E-state index is 12.6. The van der Waals surface area contributed by atoms with E-state index in [1.807, 2.05) is 12.1 Å². The molecule has 0 aliphatic carbocycles. The van der Waals surface area contributed by atoms with Gasteiger partial charge in [-0.2, -0.15) is 0 Å². The molecule has 2 N–H and O–H groups in total. The monoisotopic (exact) mass is 422 g/mol. The number of furan rings is 1. The van der Waals surface area contributed by atoms with Crippen molar-refractivity contribution in [2.45, 2.75) is 13.1 Å². The summed E-state index contributed by atoms with van der Waals surface area (Å²) in [6.07, 6.45) is 3.09. The normalized spacial score (nSPS) is 11.0. The second-order valence-corrected chi connectivity index (χ2v) is 7.05. The van der Waals surface area contributed by atoms with Crippen LogP contribution in [-0.2, 0) is 27.2 Å². The molecular weight excluding hydrogens is 400 g/mol. The largest absolute Gasteiger partial charge is 0.467 e. The highest BCUT2D eigenvalue weighted by atomic mass is 16.3. The molecule has 4 aromatic rings. The minimum absolute atomic E-state index is 0.226. The van der Waals surface area contributed by atoms with Gasteiger partial charge in [-0.3, -0.25) is 18.7 Å². The summed E-state index contributed by atoms with van der Waals surface area (Å²) < 4.78 is 9.34. The number of carbonyl (C=O) groups excluding carboxylic acids is 1. The standard InChI is InChI=1S/C21H22N6O4/c1-25-18-17(20(29)26(2)21(25)30)27(13-24-18)10-9-22-16-8-4-3-7-15(16)19(28)23-12-14-6-5-11-31-14/h3-8,11,13,22H,9-10,12H2,1-2H3,(H,23,28). The van der Waals surface area contributed by atoms with Crippen molar-refractivity contribution in [3.8, 4) is 0 Å². The van der Waals surface area contributed by atoms with Gasteiger partial charge in [0.05, 0.1) is 24.7 Å². The van der Waals surface area contributed by atoms with E-state index in [9.17, 15) is 14.4 Å². The second kappa shape index (κ2) is 8.34. The molecule has 0 aliphatic rings. The molecule has 0 saturated heterocycles. The topological polar surface area (TPSA) is 116 Å². The van der Waals surface area contributed by atoms with E-state index >= 15 is 0 Å².